The van der Waals surface area contributed by atoms with Crippen molar-refractivity contribution < 1.29 is 82.9 Å². The van der Waals surface area contributed by atoms with Crippen LogP contribution in [0.4, 0.5) is 0 Å². The maximum atomic E-state index is 0. The van der Waals surface area contributed by atoms with E-state index in [9.17, 15) is 0 Å². The van der Waals surface area contributed by atoms with Crippen LogP contribution >= 0.6 is 0 Å². The fraction of sp³-hybridized carbons (Fsp3) is 0. The summed E-state index contributed by atoms with van der Waals surface area (Å²) in [6.07, 6.45) is 0. The van der Waals surface area contributed by atoms with E-state index in [1.54, 1.807) is 0 Å². The second-order valence-corrected chi connectivity index (χ2v) is 0. The van der Waals surface area contributed by atoms with E-state index < -0.39 is 0 Å². The van der Waals surface area contributed by atoms with Crippen LogP contribution < -0.4 is 0 Å². The Morgan fingerprint density at radius 1 is 1.00 bits per heavy atom. The van der Waals surface area contributed by atoms with Crippen LogP contribution in [0, 0.1) is 0 Å². The van der Waals surface area contributed by atoms with Gasteiger partial charge in [0.2, 0.25) is 0 Å². The summed E-state index contributed by atoms with van der Waals surface area (Å²) < 4.78 is 0. The predicted molar refractivity (Wildman–Crippen MR) is 9.94 cm³/mol. The summed E-state index contributed by atoms with van der Waals surface area (Å²) in [6, 6.07) is 0. The monoisotopic (exact) mass is 581 g/mol. The third-order valence-electron chi connectivity index (χ3n) is 0. The van der Waals surface area contributed by atoms with Crippen LogP contribution in [0.15, 0.2) is 0 Å². The molecular formula is H3AgAlAuCuW. The van der Waals surface area contributed by atoms with E-state index in [1.165, 1.54) is 0 Å². The molecule has 0 saturated carbocycles. The van der Waals surface area contributed by atoms with Crippen molar-refractivity contribution in [2.24, 2.45) is 0 Å². The Hall–Kier alpha value is 3.22. The topological polar surface area (TPSA) is 0 Å². The maximum absolute atomic E-state index is 0. The average Bonchev–Trinajstić information content (AvgIpc) is 0. The summed E-state index contributed by atoms with van der Waals surface area (Å²) in [5, 5.41) is 0. The van der Waals surface area contributed by atoms with Gasteiger partial charge in [-0.3, -0.25) is 0 Å². The Labute approximate surface area is 98.5 Å². The summed E-state index contributed by atoms with van der Waals surface area (Å²) in [5.41, 5.74) is 0. The summed E-state index contributed by atoms with van der Waals surface area (Å²) in [7, 11) is 0. The van der Waals surface area contributed by atoms with Crippen molar-refractivity contribution in [2.75, 3.05) is 0 Å². The Kier molecular flexibility index (Phi) is 223. The normalized spacial score (nSPS) is 0. The molecule has 0 rings (SSSR count). The van der Waals surface area contributed by atoms with Gasteiger partial charge in [0.25, 0.3) is 0 Å². The Morgan fingerprint density at radius 2 is 1.00 bits per heavy atom. The first-order valence-corrected chi connectivity index (χ1v) is 0. The molecule has 5 heavy (non-hydrogen) atoms. The average molecular weight is 582 g/mol. The van der Waals surface area contributed by atoms with Crippen LogP contribution in [-0.4, -0.2) is 17.4 Å². The van der Waals surface area contributed by atoms with Gasteiger partial charge in [0.15, 0.2) is 17.4 Å². The fourth-order valence-electron chi connectivity index (χ4n) is 0. The van der Waals surface area contributed by atoms with Gasteiger partial charge in [0.1, 0.15) is 0 Å². The van der Waals surface area contributed by atoms with Crippen LogP contribution in [0.2, 0.25) is 0 Å². The van der Waals surface area contributed by atoms with E-state index in [0.29, 0.717) is 0 Å². The molecule has 0 aliphatic carbocycles. The molecule has 0 aliphatic rings. The molecule has 0 spiro atoms. The number of rotatable bonds is 0. The minimum Gasteiger partial charge on any atom is 0 e. The molecule has 0 aliphatic heterocycles. The summed E-state index contributed by atoms with van der Waals surface area (Å²) >= 11 is 0. The molecule has 0 atom stereocenters. The third-order valence-corrected chi connectivity index (χ3v) is 0. The molecule has 0 N–H and O–H groups in total. The van der Waals surface area contributed by atoms with E-state index in [1.807, 2.05) is 0 Å². The van der Waals surface area contributed by atoms with Gasteiger partial charge in [-0.05, 0) is 0 Å². The molecule has 0 nitrogen and oxygen atoms in total. The zero-order valence-electron chi connectivity index (χ0n) is 1.31. The molecular weight excluding hydrogens is 579 g/mol. The Bertz CT molecular complexity index is 11.6. The maximum Gasteiger partial charge on any atom is 0.187 e. The summed E-state index contributed by atoms with van der Waals surface area (Å²) in [4.78, 5) is 0. The number of hydrogen-bond donors (Lipinski definition) is 0. The second-order valence-electron chi connectivity index (χ2n) is 0. The van der Waals surface area contributed by atoms with Crippen LogP contribution in [0.1, 0.15) is 0 Å². The van der Waals surface area contributed by atoms with Crippen LogP contribution in [0.3, 0.4) is 0 Å². The smallest absolute Gasteiger partial charge is 0 e. The van der Waals surface area contributed by atoms with Crippen molar-refractivity contribution in [3.63, 3.8) is 0 Å². The van der Waals surface area contributed by atoms with Crippen molar-refractivity contribution in [1.82, 2.24) is 0 Å². The first kappa shape index (κ1) is 41.3. The van der Waals surface area contributed by atoms with Crippen LogP contribution in [0.25, 0.3) is 0 Å². The van der Waals surface area contributed by atoms with Crippen molar-refractivity contribution in [2.45, 2.75) is 0 Å². The van der Waals surface area contributed by atoms with E-state index in [4.69, 9.17) is 0 Å². The fourth-order valence-corrected chi connectivity index (χ4v) is 0. The second kappa shape index (κ2) is 26.9. The standard InChI is InChI=1S/Ag.Al.Au.Cu.W.3H. The van der Waals surface area contributed by atoms with Gasteiger partial charge >= 0.3 is 0 Å². The minimum atomic E-state index is 0. The summed E-state index contributed by atoms with van der Waals surface area (Å²) in [5.74, 6) is 0. The molecule has 0 heterocycles. The van der Waals surface area contributed by atoms with E-state index >= 15 is 0 Å². The third kappa shape index (κ3) is 19.0. The molecule has 0 aromatic heterocycles. The largest absolute Gasteiger partial charge is 0.187 e. The first-order valence-electron chi connectivity index (χ1n) is 0. The van der Waals surface area contributed by atoms with Gasteiger partial charge in [0.05, 0.1) is 0 Å². The predicted octanol–water partition coefficient (Wildman–Crippen LogP) is -1.19. The van der Waals surface area contributed by atoms with Gasteiger partial charge in [-0.1, -0.05) is 0 Å². The molecule has 45 valence electrons. The Balaban J connectivity index is 0. The van der Waals surface area contributed by atoms with Crippen LogP contribution in [-0.2, 0) is 82.9 Å². The van der Waals surface area contributed by atoms with E-state index in [2.05, 4.69) is 0 Å². The zero-order valence-corrected chi connectivity index (χ0v) is 8.84. The van der Waals surface area contributed by atoms with Gasteiger partial charge in [-0.2, -0.15) is 0 Å². The van der Waals surface area contributed by atoms with Crippen molar-refractivity contribution in [1.29, 1.82) is 0 Å². The molecule has 0 bridgehead atoms. The van der Waals surface area contributed by atoms with E-state index in [-0.39, 0.29) is 100 Å². The summed E-state index contributed by atoms with van der Waals surface area (Å²) in [6.45, 7) is 0. The molecule has 0 fully saturated rings. The van der Waals surface area contributed by atoms with Crippen molar-refractivity contribution in [3.8, 4) is 0 Å². The van der Waals surface area contributed by atoms with Gasteiger partial charge in [-0.25, -0.2) is 0 Å². The molecule has 5 heteroatoms. The van der Waals surface area contributed by atoms with Crippen molar-refractivity contribution >= 4 is 17.4 Å². The molecule has 0 amide bonds. The van der Waals surface area contributed by atoms with Gasteiger partial charge in [0, 0.05) is 82.9 Å². The minimum absolute atomic E-state index is 0. The molecule has 0 aromatic rings. The molecule has 0 saturated heterocycles. The molecule has 0 unspecified atom stereocenters. The first-order chi connectivity index (χ1) is 0. The van der Waals surface area contributed by atoms with Gasteiger partial charge < -0.3 is 0 Å². The molecule has 3 radical (unpaired) electrons. The Morgan fingerprint density at radius 3 is 1.00 bits per heavy atom. The zero-order chi connectivity index (χ0) is 0. The quantitative estimate of drug-likeness (QED) is 0.316. The van der Waals surface area contributed by atoms with E-state index in [0.717, 1.165) is 0 Å². The van der Waals surface area contributed by atoms with Crippen molar-refractivity contribution in [3.05, 3.63) is 0 Å². The number of hydrogen-bond acceptors (Lipinski definition) is 0. The SMILES string of the molecule is [Ag].[AlH3].[Au].[Cu].[W]. The van der Waals surface area contributed by atoms with Crippen LogP contribution in [0.5, 0.6) is 0 Å². The van der Waals surface area contributed by atoms with Gasteiger partial charge in [-0.15, -0.1) is 0 Å². The molecule has 0 aromatic carbocycles.